The summed E-state index contributed by atoms with van der Waals surface area (Å²) >= 11 is 0. The van der Waals surface area contributed by atoms with Crippen molar-refractivity contribution in [2.24, 2.45) is 86.6 Å². The first kappa shape index (κ1) is 50.4. The van der Waals surface area contributed by atoms with Crippen LogP contribution in [-0.2, 0) is 28.7 Å². The second-order valence-electron chi connectivity index (χ2n) is 23.2. The quantitative estimate of drug-likeness (QED) is 0.111. The fourth-order valence-corrected chi connectivity index (χ4v) is 14.8. The highest BCUT2D eigenvalue weighted by Gasteiger charge is 2.53. The van der Waals surface area contributed by atoms with E-state index in [2.05, 4.69) is 23.5 Å². The number of amides is 1. The van der Waals surface area contributed by atoms with E-state index in [9.17, 15) is 24.4 Å². The molecule has 1 heterocycles. The van der Waals surface area contributed by atoms with Crippen molar-refractivity contribution in [2.75, 3.05) is 26.3 Å². The van der Waals surface area contributed by atoms with Crippen molar-refractivity contribution in [3.8, 4) is 24.3 Å². The second kappa shape index (κ2) is 21.5. The van der Waals surface area contributed by atoms with Crippen molar-refractivity contribution < 1.29 is 33.8 Å². The van der Waals surface area contributed by atoms with Gasteiger partial charge in [-0.05, 0) is 224 Å². The van der Waals surface area contributed by atoms with Gasteiger partial charge in [0.1, 0.15) is 11.6 Å². The molecule has 67 heavy (non-hydrogen) atoms. The van der Waals surface area contributed by atoms with Gasteiger partial charge in [0.25, 0.3) is 0 Å². The number of nitriles is 4. The van der Waals surface area contributed by atoms with E-state index in [4.69, 9.17) is 36.1 Å². The van der Waals surface area contributed by atoms with Crippen molar-refractivity contribution in [3.63, 3.8) is 0 Å². The van der Waals surface area contributed by atoms with Crippen LogP contribution in [0.4, 0.5) is 0 Å². The summed E-state index contributed by atoms with van der Waals surface area (Å²) in [7, 11) is 0. The van der Waals surface area contributed by atoms with Gasteiger partial charge in [0.2, 0.25) is 5.91 Å². The van der Waals surface area contributed by atoms with Gasteiger partial charge >= 0.3 is 17.9 Å². The molecule has 4 unspecified atom stereocenters. The molecule has 0 aromatic carbocycles. The molecule has 10 aliphatic carbocycles. The molecule has 1 aliphatic heterocycles. The lowest BCUT2D eigenvalue weighted by Gasteiger charge is -2.29. The summed E-state index contributed by atoms with van der Waals surface area (Å²) in [5, 5.41) is 47.6. The molecule has 1 spiro atoms. The number of allylic oxidation sites excluding steroid dienone is 1. The Hall–Kier alpha value is -4.46. The molecule has 10 saturated carbocycles. The van der Waals surface area contributed by atoms with Crippen molar-refractivity contribution >= 4 is 23.8 Å². The molecule has 13 nitrogen and oxygen atoms in total. The standard InChI is InChI=1S/C12H17NO2.C12H15NO2.C10H12N2.C10H17NO2.C10H15NO/c1-2-15-11(14)7-12(8-13)5-9-3-4-10(9)6-12;1-2-15-12(14)11(7-13)10-5-8-3-4-9(8)6-10;11-4-3-10(7-12)5-8-1-2-9(8)6-10;11-6-10(5-9(12)13)3-7-1-2-8(7)4-10;12-9-5-10(6-11-9)3-7-1-2-8(7)4-10/h9-10H,2-7H2,1H3;8-9H,2-6H2,1H3;8-9H,1-3,5-6H2;7-8H,1-6,11H2,(H,12,13);7-8H,1-6H2,(H,11,12)/t9-,10+,12?;8-,9+;8-,9+,10?;2*7-,8+,10?. The first-order valence-corrected chi connectivity index (χ1v) is 26.0. The van der Waals surface area contributed by atoms with Crippen LogP contribution < -0.4 is 11.1 Å². The summed E-state index contributed by atoms with van der Waals surface area (Å²) in [6, 6.07) is 8.87. The Morgan fingerprint density at radius 2 is 1.10 bits per heavy atom. The number of carboxylic acids is 1. The largest absolute Gasteiger partial charge is 0.481 e. The summed E-state index contributed by atoms with van der Waals surface area (Å²) < 4.78 is 9.81. The van der Waals surface area contributed by atoms with Crippen LogP contribution in [-0.4, -0.2) is 55.2 Å². The normalized spacial score (nSPS) is 40.6. The van der Waals surface area contributed by atoms with E-state index in [0.717, 1.165) is 117 Å². The van der Waals surface area contributed by atoms with Gasteiger partial charge in [-0.25, -0.2) is 4.79 Å². The van der Waals surface area contributed by atoms with Gasteiger partial charge in [-0.15, -0.1) is 0 Å². The number of carboxylic acid groups (broad SMARTS) is 1. The Labute approximate surface area is 398 Å². The molecule has 4 N–H and O–H groups in total. The third-order valence-corrected chi connectivity index (χ3v) is 19.1. The van der Waals surface area contributed by atoms with Crippen LogP contribution in [0.1, 0.15) is 168 Å². The van der Waals surface area contributed by atoms with Crippen LogP contribution >= 0.6 is 0 Å². The predicted molar refractivity (Wildman–Crippen MR) is 248 cm³/mol. The highest BCUT2D eigenvalue weighted by molar-refractivity contribution is 5.93. The molecule has 364 valence electrons. The number of ether oxygens (including phenoxy) is 2. The fraction of sp³-hybridized carbons (Fsp3) is 0.815. The maximum atomic E-state index is 11.5. The van der Waals surface area contributed by atoms with Gasteiger partial charge < -0.3 is 25.6 Å². The molecule has 11 fully saturated rings. The highest BCUT2D eigenvalue weighted by atomic mass is 16.5. The van der Waals surface area contributed by atoms with Crippen LogP contribution in [0.2, 0.25) is 0 Å². The molecule has 0 radical (unpaired) electrons. The third kappa shape index (κ3) is 11.4. The Morgan fingerprint density at radius 1 is 0.657 bits per heavy atom. The zero-order valence-electron chi connectivity index (χ0n) is 40.3. The SMILES string of the molecule is CCOC(=O)C(C#N)=C1C[C@H]2CC[C@H]2C1.CCOC(=O)CC1(C#N)C[C@H]2CC[C@H]2C1.N#CCC1(C#N)C[C@H]2CC[C@H]2C1.NCC1(CC(=O)O)C[C@H]2CC[C@H]2C1.O=C1CC2(CN1)C[C@H]1CC[C@H]1C2. The van der Waals surface area contributed by atoms with E-state index >= 15 is 0 Å². The van der Waals surface area contributed by atoms with E-state index in [1.54, 1.807) is 13.8 Å². The lowest BCUT2D eigenvalue weighted by Crippen LogP contribution is -2.30. The first-order valence-electron chi connectivity index (χ1n) is 26.0. The molecule has 0 aromatic rings. The maximum Gasteiger partial charge on any atom is 0.348 e. The van der Waals surface area contributed by atoms with Crippen LogP contribution in [0.3, 0.4) is 0 Å². The smallest absolute Gasteiger partial charge is 0.348 e. The minimum Gasteiger partial charge on any atom is -0.481 e. The Bertz CT molecular complexity index is 1990. The molecule has 1 amide bonds. The number of carbonyl (C=O) groups excluding carboxylic acids is 3. The van der Waals surface area contributed by atoms with Crippen molar-refractivity contribution in [2.45, 2.75) is 168 Å². The Balaban J connectivity index is 0.000000125. The van der Waals surface area contributed by atoms with Gasteiger partial charge in [0.15, 0.2) is 0 Å². The van der Waals surface area contributed by atoms with Crippen LogP contribution in [0.25, 0.3) is 0 Å². The monoisotopic (exact) mass is 921 g/mol. The van der Waals surface area contributed by atoms with E-state index in [-0.39, 0.29) is 34.7 Å². The van der Waals surface area contributed by atoms with Crippen molar-refractivity contribution in [3.05, 3.63) is 11.1 Å². The zero-order chi connectivity index (χ0) is 48.0. The summed E-state index contributed by atoms with van der Waals surface area (Å²) in [5.74, 6) is 6.95. The van der Waals surface area contributed by atoms with Crippen LogP contribution in [0, 0.1) is 126 Å². The van der Waals surface area contributed by atoms with Gasteiger partial charge in [-0.1, -0.05) is 0 Å². The number of hydrogen-bond acceptors (Lipinski definition) is 11. The number of aliphatic carboxylic acids is 1. The molecule has 13 heteroatoms. The first-order chi connectivity index (χ1) is 32.2. The van der Waals surface area contributed by atoms with Crippen molar-refractivity contribution in [1.82, 2.24) is 5.32 Å². The summed E-state index contributed by atoms with van der Waals surface area (Å²) in [6.07, 6.45) is 25.3. The average Bonchev–Trinajstić information content (AvgIpc) is 4.06. The number of nitrogens with one attached hydrogen (secondary N) is 1. The number of nitrogens with zero attached hydrogens (tertiary/aromatic N) is 4. The van der Waals surface area contributed by atoms with Crippen LogP contribution in [0.5, 0.6) is 0 Å². The van der Waals surface area contributed by atoms with Gasteiger partial charge in [0.05, 0.1) is 61.5 Å². The molecular weight excluding hydrogens is 845 g/mol. The number of hydrogen-bond donors (Lipinski definition) is 3. The van der Waals surface area contributed by atoms with Gasteiger partial charge in [-0.3, -0.25) is 14.4 Å². The van der Waals surface area contributed by atoms with Crippen molar-refractivity contribution in [1.29, 1.82) is 21.0 Å². The highest BCUT2D eigenvalue weighted by Crippen LogP contribution is 2.60. The molecule has 14 atom stereocenters. The lowest BCUT2D eigenvalue weighted by molar-refractivity contribution is -0.145. The Morgan fingerprint density at radius 3 is 1.46 bits per heavy atom. The fourth-order valence-electron chi connectivity index (χ4n) is 14.8. The zero-order valence-corrected chi connectivity index (χ0v) is 40.3. The average molecular weight is 921 g/mol. The molecule has 0 bridgehead atoms. The number of carbonyl (C=O) groups is 4. The minimum absolute atomic E-state index is 0.0579. The van der Waals surface area contributed by atoms with E-state index < -0.39 is 17.4 Å². The van der Waals surface area contributed by atoms with Gasteiger partial charge in [-0.2, -0.15) is 21.0 Å². The number of esters is 2. The number of fused-ring (bicyclic) bond motifs is 5. The summed E-state index contributed by atoms with van der Waals surface area (Å²) in [4.78, 5) is 44.7. The summed E-state index contributed by atoms with van der Waals surface area (Å²) in [6.45, 7) is 5.83. The van der Waals surface area contributed by atoms with Gasteiger partial charge in [0, 0.05) is 13.0 Å². The molecule has 11 rings (SSSR count). The number of nitrogens with two attached hydrogens (primary N) is 1. The molecule has 0 aromatic heterocycles. The number of rotatable bonds is 9. The third-order valence-electron chi connectivity index (χ3n) is 19.1. The maximum absolute atomic E-state index is 11.5. The molecule has 11 aliphatic rings. The Kier molecular flexibility index (Phi) is 16.1. The second-order valence-corrected chi connectivity index (χ2v) is 23.2. The summed E-state index contributed by atoms with van der Waals surface area (Å²) in [5.41, 5.74) is 6.69. The molecule has 1 saturated heterocycles. The van der Waals surface area contributed by atoms with E-state index in [1.165, 1.54) is 77.0 Å². The topological polar surface area (TPSA) is 240 Å². The van der Waals surface area contributed by atoms with Crippen LogP contribution in [0.15, 0.2) is 11.1 Å². The lowest BCUT2D eigenvalue weighted by atomic mass is 9.77. The minimum atomic E-state index is -0.688. The van der Waals surface area contributed by atoms with E-state index in [0.29, 0.717) is 49.9 Å². The predicted octanol–water partition coefficient (Wildman–Crippen LogP) is 9.23. The molecular formula is C54H76N6O7. The van der Waals surface area contributed by atoms with E-state index in [1.807, 2.05) is 6.07 Å².